The number of thioether (sulfide) groups is 1. The summed E-state index contributed by atoms with van der Waals surface area (Å²) in [6.07, 6.45) is 1.52. The molecule has 1 aromatic carbocycles. The van der Waals surface area contributed by atoms with Crippen LogP contribution in [-0.4, -0.2) is 53.4 Å². The highest BCUT2D eigenvalue weighted by atomic mass is 79.9. The quantitative estimate of drug-likeness (QED) is 0.369. The predicted molar refractivity (Wildman–Crippen MR) is 120 cm³/mol. The van der Waals surface area contributed by atoms with Gasteiger partial charge in [0.15, 0.2) is 18.1 Å². The van der Waals surface area contributed by atoms with E-state index < -0.39 is 29.7 Å². The van der Waals surface area contributed by atoms with Gasteiger partial charge in [-0.3, -0.25) is 14.5 Å². The lowest BCUT2D eigenvalue weighted by Gasteiger charge is -2.13. The zero-order valence-corrected chi connectivity index (χ0v) is 19.9. The van der Waals surface area contributed by atoms with Gasteiger partial charge < -0.3 is 23.7 Å². The summed E-state index contributed by atoms with van der Waals surface area (Å²) in [7, 11) is 1.21. The number of carbonyl (C=O) groups excluding carboxylic acids is 3. The minimum Gasteiger partial charge on any atom is -0.490 e. The zero-order valence-electron chi connectivity index (χ0n) is 17.5. The van der Waals surface area contributed by atoms with Crippen molar-refractivity contribution in [3.8, 4) is 11.5 Å². The number of rotatable bonds is 9. The van der Waals surface area contributed by atoms with E-state index in [1.807, 2.05) is 0 Å². The number of imide groups is 1. The molecular weight excluding hydrogens is 522 g/mol. The van der Waals surface area contributed by atoms with E-state index in [2.05, 4.69) is 20.7 Å². The second kappa shape index (κ2) is 10.6. The van der Waals surface area contributed by atoms with Crippen LogP contribution in [0.3, 0.4) is 0 Å². The molecule has 2 amide bonds. The first-order valence-corrected chi connectivity index (χ1v) is 11.1. The van der Waals surface area contributed by atoms with Crippen molar-refractivity contribution in [2.45, 2.75) is 13.5 Å². The van der Waals surface area contributed by atoms with Gasteiger partial charge in [-0.1, -0.05) is 0 Å². The van der Waals surface area contributed by atoms with Gasteiger partial charge in [-0.25, -0.2) is 9.59 Å². The highest BCUT2D eigenvalue weighted by molar-refractivity contribution is 9.10. The molecule has 0 unspecified atom stereocenters. The molecule has 2 aromatic rings. The smallest absolute Gasteiger partial charge is 0.373 e. The van der Waals surface area contributed by atoms with Gasteiger partial charge in [-0.15, -0.1) is 0 Å². The van der Waals surface area contributed by atoms with Crippen molar-refractivity contribution in [1.82, 2.24) is 4.90 Å². The minimum absolute atomic E-state index is 0.0338. The van der Waals surface area contributed by atoms with Crippen molar-refractivity contribution in [3.63, 3.8) is 0 Å². The molecule has 1 N–H and O–H groups in total. The Hall–Kier alpha value is -3.25. The normalized spacial score (nSPS) is 14.6. The minimum atomic E-state index is -1.14. The average molecular weight is 540 g/mol. The summed E-state index contributed by atoms with van der Waals surface area (Å²) < 4.78 is 21.1. The predicted octanol–water partition coefficient (Wildman–Crippen LogP) is 3.93. The standard InChI is InChI=1S/C21H18BrNO9S/c1-3-30-15-7-11(6-13(22)18(15)31-10-17(24)25)8-16-19(26)23(21(28)33-16)9-12-4-5-14(32-12)20(27)29-2/h4-8H,3,9-10H2,1-2H3,(H,24,25)/b16-8+. The number of carboxylic acid groups (broad SMARTS) is 1. The molecule has 1 aromatic heterocycles. The summed E-state index contributed by atoms with van der Waals surface area (Å²) in [6, 6.07) is 6.08. The second-order valence-electron chi connectivity index (χ2n) is 6.47. The zero-order chi connectivity index (χ0) is 24.1. The molecule has 10 nitrogen and oxygen atoms in total. The van der Waals surface area contributed by atoms with Crippen molar-refractivity contribution in [2.24, 2.45) is 0 Å². The van der Waals surface area contributed by atoms with Gasteiger partial charge in [0.25, 0.3) is 11.1 Å². The Kier molecular flexibility index (Phi) is 7.82. The number of hydrogen-bond acceptors (Lipinski definition) is 9. The Labute approximate surface area is 200 Å². The van der Waals surface area contributed by atoms with Crippen molar-refractivity contribution in [3.05, 3.63) is 50.7 Å². The number of aliphatic carboxylic acids is 1. The van der Waals surface area contributed by atoms with Gasteiger partial charge in [-0.05, 0) is 70.5 Å². The largest absolute Gasteiger partial charge is 0.490 e. The maximum atomic E-state index is 12.8. The molecule has 0 bridgehead atoms. The third-order valence-electron chi connectivity index (χ3n) is 4.21. The number of carbonyl (C=O) groups is 4. The second-order valence-corrected chi connectivity index (χ2v) is 8.32. The van der Waals surface area contributed by atoms with Crippen LogP contribution in [0.1, 0.15) is 28.8 Å². The number of methoxy groups -OCH3 is 1. The maximum absolute atomic E-state index is 12.8. The van der Waals surface area contributed by atoms with E-state index in [0.29, 0.717) is 16.6 Å². The van der Waals surface area contributed by atoms with Crippen LogP contribution in [0.5, 0.6) is 11.5 Å². The van der Waals surface area contributed by atoms with Crippen LogP contribution in [0.4, 0.5) is 4.79 Å². The van der Waals surface area contributed by atoms with E-state index in [9.17, 15) is 19.2 Å². The molecule has 0 spiro atoms. The van der Waals surface area contributed by atoms with Crippen LogP contribution in [-0.2, 0) is 20.9 Å². The Morgan fingerprint density at radius 3 is 2.67 bits per heavy atom. The number of benzene rings is 1. The van der Waals surface area contributed by atoms with E-state index in [4.69, 9.17) is 19.0 Å². The van der Waals surface area contributed by atoms with Gasteiger partial charge >= 0.3 is 11.9 Å². The Morgan fingerprint density at radius 1 is 1.24 bits per heavy atom. The van der Waals surface area contributed by atoms with Gasteiger partial charge in [0.05, 0.1) is 29.6 Å². The van der Waals surface area contributed by atoms with Crippen LogP contribution >= 0.6 is 27.7 Å². The van der Waals surface area contributed by atoms with Crippen molar-refractivity contribution < 1.29 is 42.9 Å². The molecular formula is C21H18BrNO9S. The first-order chi connectivity index (χ1) is 15.7. The Bertz CT molecular complexity index is 1140. The van der Waals surface area contributed by atoms with E-state index in [0.717, 1.165) is 16.7 Å². The lowest BCUT2D eigenvalue weighted by molar-refractivity contribution is -0.139. The first-order valence-electron chi connectivity index (χ1n) is 9.46. The van der Waals surface area contributed by atoms with Gasteiger partial charge in [-0.2, -0.15) is 0 Å². The number of hydrogen-bond donors (Lipinski definition) is 1. The summed E-state index contributed by atoms with van der Waals surface area (Å²) in [5.41, 5.74) is 0.532. The molecule has 1 aliphatic heterocycles. The Morgan fingerprint density at radius 2 is 2.00 bits per heavy atom. The van der Waals surface area contributed by atoms with Crippen LogP contribution in [0.2, 0.25) is 0 Å². The SMILES string of the molecule is CCOc1cc(/C=C2/SC(=O)N(Cc3ccc(C(=O)OC)o3)C2=O)cc(Br)c1OCC(=O)O. The van der Waals surface area contributed by atoms with E-state index in [1.165, 1.54) is 25.3 Å². The highest BCUT2D eigenvalue weighted by Crippen LogP contribution is 2.39. The van der Waals surface area contributed by atoms with E-state index >= 15 is 0 Å². The molecule has 1 saturated heterocycles. The Balaban J connectivity index is 1.82. The number of amides is 2. The maximum Gasteiger partial charge on any atom is 0.373 e. The molecule has 1 aliphatic rings. The first kappa shape index (κ1) is 24.4. The summed E-state index contributed by atoms with van der Waals surface area (Å²) >= 11 is 4.08. The molecule has 3 rings (SSSR count). The van der Waals surface area contributed by atoms with Gasteiger partial charge in [0, 0.05) is 0 Å². The summed E-state index contributed by atoms with van der Waals surface area (Å²) in [4.78, 5) is 48.7. The van der Waals surface area contributed by atoms with Crippen molar-refractivity contribution in [1.29, 1.82) is 0 Å². The average Bonchev–Trinajstić information content (AvgIpc) is 3.33. The summed E-state index contributed by atoms with van der Waals surface area (Å²) in [6.45, 7) is 1.36. The summed E-state index contributed by atoms with van der Waals surface area (Å²) in [5.74, 6) is -1.62. The topological polar surface area (TPSA) is 133 Å². The molecule has 2 heterocycles. The molecule has 174 valence electrons. The number of furan rings is 1. The molecule has 33 heavy (non-hydrogen) atoms. The fourth-order valence-electron chi connectivity index (χ4n) is 2.82. The third kappa shape index (κ3) is 5.76. The monoisotopic (exact) mass is 539 g/mol. The van der Waals surface area contributed by atoms with E-state index in [1.54, 1.807) is 19.1 Å². The molecule has 0 aliphatic carbocycles. The molecule has 12 heteroatoms. The molecule has 0 atom stereocenters. The van der Waals surface area contributed by atoms with Crippen LogP contribution < -0.4 is 9.47 Å². The van der Waals surface area contributed by atoms with Crippen molar-refractivity contribution >= 4 is 56.9 Å². The lowest BCUT2D eigenvalue weighted by Crippen LogP contribution is -2.27. The summed E-state index contributed by atoms with van der Waals surface area (Å²) in [5, 5.41) is 8.37. The fourth-order valence-corrected chi connectivity index (χ4v) is 4.24. The number of halogens is 1. The van der Waals surface area contributed by atoms with Gasteiger partial charge in [0.2, 0.25) is 5.76 Å². The molecule has 1 fully saturated rings. The van der Waals surface area contributed by atoms with Gasteiger partial charge in [0.1, 0.15) is 5.76 Å². The van der Waals surface area contributed by atoms with Crippen molar-refractivity contribution in [2.75, 3.05) is 20.3 Å². The number of ether oxygens (including phenoxy) is 3. The van der Waals surface area contributed by atoms with Crippen LogP contribution in [0.25, 0.3) is 6.08 Å². The number of esters is 1. The lowest BCUT2D eigenvalue weighted by atomic mass is 10.2. The number of carboxylic acids is 1. The van der Waals surface area contributed by atoms with Crippen LogP contribution in [0, 0.1) is 0 Å². The fraction of sp³-hybridized carbons (Fsp3) is 0.238. The van der Waals surface area contributed by atoms with Crippen LogP contribution in [0.15, 0.2) is 38.1 Å². The third-order valence-corrected chi connectivity index (χ3v) is 5.70. The molecule has 0 saturated carbocycles. The molecule has 0 radical (unpaired) electrons. The number of nitrogens with zero attached hydrogens (tertiary/aromatic N) is 1. The van der Waals surface area contributed by atoms with E-state index in [-0.39, 0.29) is 34.5 Å². The highest BCUT2D eigenvalue weighted by Gasteiger charge is 2.36.